The maximum absolute atomic E-state index is 12.7. The first-order valence-corrected chi connectivity index (χ1v) is 8.57. The number of amides is 1. The van der Waals surface area contributed by atoms with Gasteiger partial charge in [-0.2, -0.15) is 0 Å². The van der Waals surface area contributed by atoms with Crippen molar-refractivity contribution in [1.29, 1.82) is 0 Å². The third-order valence-corrected chi connectivity index (χ3v) is 4.47. The summed E-state index contributed by atoms with van der Waals surface area (Å²) in [5.74, 6) is -1.36. The molecule has 136 valence electrons. The number of H-pyrrole nitrogens is 1. The van der Waals surface area contributed by atoms with Crippen molar-refractivity contribution in [3.63, 3.8) is 0 Å². The van der Waals surface area contributed by atoms with Gasteiger partial charge in [0.1, 0.15) is 5.69 Å². The highest BCUT2D eigenvalue weighted by atomic mass is 16.4. The van der Waals surface area contributed by atoms with E-state index >= 15 is 0 Å². The number of carbonyl (C=O) groups excluding carboxylic acids is 1. The van der Waals surface area contributed by atoms with Crippen molar-refractivity contribution >= 4 is 28.6 Å². The summed E-state index contributed by atoms with van der Waals surface area (Å²) in [6, 6.07) is 16.1. The Hall–Kier alpha value is -3.61. The Morgan fingerprint density at radius 3 is 2.78 bits per heavy atom. The molecule has 27 heavy (non-hydrogen) atoms. The molecule has 4 aromatic rings. The summed E-state index contributed by atoms with van der Waals surface area (Å²) >= 11 is 0. The minimum atomic E-state index is -0.978. The first kappa shape index (κ1) is 16.8. The number of carboxylic acids is 1. The molecule has 1 atom stereocenters. The van der Waals surface area contributed by atoms with Gasteiger partial charge in [-0.1, -0.05) is 42.0 Å². The molecule has 0 bridgehead atoms. The zero-order valence-electron chi connectivity index (χ0n) is 14.6. The SMILES string of the molecule is Cc1cccc([C@H](CC(=O)O)NC(=O)c2cc3nc4ccccc4n3[nH]2)c1. The number of aliphatic carboxylic acids is 1. The van der Waals surface area contributed by atoms with Crippen molar-refractivity contribution < 1.29 is 14.7 Å². The Labute approximate surface area is 154 Å². The minimum absolute atomic E-state index is 0.198. The van der Waals surface area contributed by atoms with Crippen LogP contribution in [0.3, 0.4) is 0 Å². The van der Waals surface area contributed by atoms with Crippen LogP contribution in [0.5, 0.6) is 0 Å². The van der Waals surface area contributed by atoms with E-state index in [-0.39, 0.29) is 12.3 Å². The summed E-state index contributed by atoms with van der Waals surface area (Å²) in [7, 11) is 0. The van der Waals surface area contributed by atoms with Crippen LogP contribution in [0.2, 0.25) is 0 Å². The van der Waals surface area contributed by atoms with Crippen molar-refractivity contribution in [2.75, 3.05) is 0 Å². The van der Waals surface area contributed by atoms with E-state index in [1.165, 1.54) is 0 Å². The third kappa shape index (κ3) is 3.27. The molecule has 2 heterocycles. The standard InChI is InChI=1S/C20H18N4O3/c1-12-5-4-6-13(9-12)15(11-19(25)26)22-20(27)16-10-18-21-14-7-2-3-8-17(14)24(18)23-16/h2-10,15,23H,11H2,1H3,(H,22,27)(H,25,26)/t15-/m0/s1. The maximum atomic E-state index is 12.7. The molecule has 0 fully saturated rings. The summed E-state index contributed by atoms with van der Waals surface area (Å²) < 4.78 is 1.74. The molecule has 0 spiro atoms. The van der Waals surface area contributed by atoms with Gasteiger partial charge >= 0.3 is 5.97 Å². The van der Waals surface area contributed by atoms with E-state index in [2.05, 4.69) is 15.4 Å². The normalized spacial score (nSPS) is 12.3. The van der Waals surface area contributed by atoms with Crippen LogP contribution in [0.15, 0.2) is 54.6 Å². The van der Waals surface area contributed by atoms with Crippen LogP contribution in [-0.2, 0) is 4.79 Å². The highest BCUT2D eigenvalue weighted by molar-refractivity contribution is 5.95. The number of rotatable bonds is 5. The zero-order valence-corrected chi connectivity index (χ0v) is 14.6. The number of carbonyl (C=O) groups is 2. The summed E-state index contributed by atoms with van der Waals surface area (Å²) in [6.07, 6.45) is -0.198. The van der Waals surface area contributed by atoms with Crippen LogP contribution in [-0.4, -0.2) is 31.6 Å². The summed E-state index contributed by atoms with van der Waals surface area (Å²) in [5, 5.41) is 15.1. The van der Waals surface area contributed by atoms with E-state index in [9.17, 15) is 14.7 Å². The van der Waals surface area contributed by atoms with Crippen LogP contribution >= 0.6 is 0 Å². The van der Waals surface area contributed by atoms with E-state index in [1.54, 1.807) is 10.6 Å². The topological polar surface area (TPSA) is 99.5 Å². The fraction of sp³-hybridized carbons (Fsp3) is 0.150. The fourth-order valence-corrected chi connectivity index (χ4v) is 3.21. The van der Waals surface area contributed by atoms with Gasteiger partial charge in [-0.25, -0.2) is 9.50 Å². The van der Waals surface area contributed by atoms with Gasteiger partial charge in [-0.3, -0.25) is 14.7 Å². The van der Waals surface area contributed by atoms with Gasteiger partial charge in [-0.05, 0) is 24.6 Å². The van der Waals surface area contributed by atoms with E-state index in [0.29, 0.717) is 11.3 Å². The minimum Gasteiger partial charge on any atom is -0.481 e. The molecule has 1 amide bonds. The Kier molecular flexibility index (Phi) is 4.12. The predicted molar refractivity (Wildman–Crippen MR) is 101 cm³/mol. The second-order valence-electron chi connectivity index (χ2n) is 6.50. The lowest BCUT2D eigenvalue weighted by atomic mass is 10.0. The largest absolute Gasteiger partial charge is 0.481 e. The number of carboxylic acid groups (broad SMARTS) is 1. The number of benzene rings is 2. The van der Waals surface area contributed by atoms with Gasteiger partial charge in [0.15, 0.2) is 5.65 Å². The molecule has 4 rings (SSSR count). The number of hydrogen-bond donors (Lipinski definition) is 3. The number of hydrogen-bond acceptors (Lipinski definition) is 3. The van der Waals surface area contributed by atoms with Crippen molar-refractivity contribution in [3.05, 3.63) is 71.4 Å². The molecule has 0 aliphatic carbocycles. The third-order valence-electron chi connectivity index (χ3n) is 4.47. The zero-order chi connectivity index (χ0) is 19.0. The van der Waals surface area contributed by atoms with Gasteiger partial charge in [0.2, 0.25) is 0 Å². The number of aromatic amines is 1. The number of nitrogens with one attached hydrogen (secondary N) is 2. The average Bonchev–Trinajstić information content (AvgIpc) is 3.18. The predicted octanol–water partition coefficient (Wildman–Crippen LogP) is 3.07. The van der Waals surface area contributed by atoms with Crippen LogP contribution in [0.4, 0.5) is 0 Å². The van der Waals surface area contributed by atoms with Gasteiger partial charge in [-0.15, -0.1) is 0 Å². The Balaban J connectivity index is 1.64. The Morgan fingerprint density at radius 2 is 2.00 bits per heavy atom. The molecule has 2 aromatic heterocycles. The molecule has 0 saturated heterocycles. The molecule has 7 heteroatoms. The number of aromatic nitrogens is 3. The van der Waals surface area contributed by atoms with Crippen molar-refractivity contribution in [2.24, 2.45) is 0 Å². The lowest BCUT2D eigenvalue weighted by molar-refractivity contribution is -0.137. The first-order chi connectivity index (χ1) is 13.0. The molecule has 2 aromatic carbocycles. The number of para-hydroxylation sites is 2. The number of aryl methyl sites for hydroxylation is 1. The average molecular weight is 362 g/mol. The number of imidazole rings is 1. The van der Waals surface area contributed by atoms with E-state index in [4.69, 9.17) is 0 Å². The maximum Gasteiger partial charge on any atom is 0.305 e. The van der Waals surface area contributed by atoms with Gasteiger partial charge in [0.05, 0.1) is 23.5 Å². The first-order valence-electron chi connectivity index (χ1n) is 8.57. The van der Waals surface area contributed by atoms with E-state index < -0.39 is 12.0 Å². The van der Waals surface area contributed by atoms with Crippen LogP contribution in [0.1, 0.15) is 34.1 Å². The molecule has 0 saturated carbocycles. The van der Waals surface area contributed by atoms with Gasteiger partial charge in [0.25, 0.3) is 5.91 Å². The molecular formula is C20H18N4O3. The van der Waals surface area contributed by atoms with E-state index in [0.717, 1.165) is 22.2 Å². The molecule has 3 N–H and O–H groups in total. The monoisotopic (exact) mass is 362 g/mol. The highest BCUT2D eigenvalue weighted by Crippen LogP contribution is 2.20. The molecule has 0 aliphatic heterocycles. The smallest absolute Gasteiger partial charge is 0.305 e. The van der Waals surface area contributed by atoms with Crippen molar-refractivity contribution in [2.45, 2.75) is 19.4 Å². The number of nitrogens with zero attached hydrogens (tertiary/aromatic N) is 2. The summed E-state index contributed by atoms with van der Waals surface area (Å²) in [4.78, 5) is 28.5. The lowest BCUT2D eigenvalue weighted by Crippen LogP contribution is -2.30. The Bertz CT molecular complexity index is 1160. The second-order valence-corrected chi connectivity index (χ2v) is 6.50. The van der Waals surface area contributed by atoms with Crippen molar-refractivity contribution in [1.82, 2.24) is 19.9 Å². The fourth-order valence-electron chi connectivity index (χ4n) is 3.21. The van der Waals surface area contributed by atoms with Crippen LogP contribution < -0.4 is 5.32 Å². The van der Waals surface area contributed by atoms with Gasteiger partial charge in [0, 0.05) is 6.07 Å². The molecule has 0 radical (unpaired) electrons. The van der Waals surface area contributed by atoms with Gasteiger partial charge < -0.3 is 10.4 Å². The highest BCUT2D eigenvalue weighted by Gasteiger charge is 2.21. The molecule has 0 aliphatic rings. The lowest BCUT2D eigenvalue weighted by Gasteiger charge is -2.17. The van der Waals surface area contributed by atoms with Crippen molar-refractivity contribution in [3.8, 4) is 0 Å². The molecular weight excluding hydrogens is 344 g/mol. The quantitative estimate of drug-likeness (QED) is 0.508. The molecule has 7 nitrogen and oxygen atoms in total. The number of fused-ring (bicyclic) bond motifs is 3. The summed E-state index contributed by atoms with van der Waals surface area (Å²) in [6.45, 7) is 1.92. The van der Waals surface area contributed by atoms with Crippen LogP contribution in [0, 0.1) is 6.92 Å². The summed E-state index contributed by atoms with van der Waals surface area (Å²) in [5.41, 5.74) is 4.42. The second kappa shape index (κ2) is 6.60. The Morgan fingerprint density at radius 1 is 1.19 bits per heavy atom. The molecule has 0 unspecified atom stereocenters. The van der Waals surface area contributed by atoms with Crippen LogP contribution in [0.25, 0.3) is 16.7 Å². The van der Waals surface area contributed by atoms with E-state index in [1.807, 2.05) is 55.5 Å².